The average molecular weight is 385 g/mol. The Hall–Kier alpha value is -3.86. The quantitative estimate of drug-likeness (QED) is 0.518. The van der Waals surface area contributed by atoms with E-state index in [9.17, 15) is 9.59 Å². The molecule has 1 amide bonds. The Morgan fingerprint density at radius 3 is 2.24 bits per heavy atom. The molecule has 0 aliphatic rings. The molecule has 0 radical (unpaired) electrons. The molecule has 0 fully saturated rings. The van der Waals surface area contributed by atoms with Crippen molar-refractivity contribution in [2.75, 3.05) is 11.9 Å². The van der Waals surface area contributed by atoms with E-state index >= 15 is 0 Å². The lowest BCUT2D eigenvalue weighted by atomic mass is 9.98. The molecule has 5 heteroatoms. The predicted molar refractivity (Wildman–Crippen MR) is 113 cm³/mol. The van der Waals surface area contributed by atoms with Crippen molar-refractivity contribution in [2.24, 2.45) is 0 Å². The van der Waals surface area contributed by atoms with Crippen molar-refractivity contribution in [3.63, 3.8) is 0 Å². The van der Waals surface area contributed by atoms with E-state index in [2.05, 4.69) is 5.32 Å². The van der Waals surface area contributed by atoms with Gasteiger partial charge in [0.25, 0.3) is 5.91 Å². The van der Waals surface area contributed by atoms with Crippen LogP contribution in [0.2, 0.25) is 0 Å². The van der Waals surface area contributed by atoms with Crippen molar-refractivity contribution in [2.45, 2.75) is 6.92 Å². The maximum Gasteiger partial charge on any atom is 0.344 e. The summed E-state index contributed by atoms with van der Waals surface area (Å²) in [6.45, 7) is 2.47. The van der Waals surface area contributed by atoms with Crippen LogP contribution >= 0.6 is 0 Å². The van der Waals surface area contributed by atoms with Gasteiger partial charge in [0.05, 0.1) is 12.0 Å². The van der Waals surface area contributed by atoms with Gasteiger partial charge in [-0.25, -0.2) is 4.79 Å². The van der Waals surface area contributed by atoms with E-state index in [1.165, 1.54) is 0 Å². The first kappa shape index (κ1) is 18.5. The number of fused-ring (bicyclic) bond motifs is 1. The van der Waals surface area contributed by atoms with Gasteiger partial charge in [-0.15, -0.1) is 0 Å². The number of rotatable bonds is 5. The van der Waals surface area contributed by atoms with Crippen molar-refractivity contribution in [1.82, 2.24) is 0 Å². The highest BCUT2D eigenvalue weighted by Crippen LogP contribution is 2.31. The van der Waals surface area contributed by atoms with Crippen LogP contribution in [0.5, 0.6) is 5.75 Å². The topological polar surface area (TPSA) is 68.5 Å². The maximum atomic E-state index is 13.0. The van der Waals surface area contributed by atoms with Gasteiger partial charge < -0.3 is 14.5 Å². The van der Waals surface area contributed by atoms with Crippen LogP contribution in [0.3, 0.4) is 0 Å². The monoisotopic (exact) mass is 385 g/mol. The zero-order chi connectivity index (χ0) is 20.2. The molecule has 0 aliphatic carbocycles. The van der Waals surface area contributed by atoms with Crippen LogP contribution in [0.1, 0.15) is 17.5 Å². The second kappa shape index (κ2) is 8.02. The molecule has 144 valence electrons. The third-order valence-electron chi connectivity index (χ3n) is 4.53. The number of hydrogen-bond donors (Lipinski definition) is 1. The Labute approximate surface area is 167 Å². The molecule has 1 heterocycles. The second-order valence-electron chi connectivity index (χ2n) is 6.42. The maximum absolute atomic E-state index is 13.0. The minimum Gasteiger partial charge on any atom is -0.494 e. The van der Waals surface area contributed by atoms with Crippen molar-refractivity contribution in [3.8, 4) is 16.9 Å². The summed E-state index contributed by atoms with van der Waals surface area (Å²) in [5.41, 5.74) is 1.42. The van der Waals surface area contributed by atoms with Crippen molar-refractivity contribution < 1.29 is 13.9 Å². The fraction of sp³-hybridized carbons (Fsp3) is 0.0833. The van der Waals surface area contributed by atoms with Crippen LogP contribution < -0.4 is 15.7 Å². The van der Waals surface area contributed by atoms with Gasteiger partial charge >= 0.3 is 5.63 Å². The number of benzene rings is 3. The van der Waals surface area contributed by atoms with Crippen molar-refractivity contribution >= 4 is 22.4 Å². The third kappa shape index (κ3) is 3.75. The van der Waals surface area contributed by atoms with Crippen LogP contribution in [0.25, 0.3) is 21.9 Å². The minimum absolute atomic E-state index is 0.0196. The lowest BCUT2D eigenvalue weighted by molar-refractivity contribution is 0.0994. The van der Waals surface area contributed by atoms with Gasteiger partial charge in [0.1, 0.15) is 5.75 Å². The number of hydrogen-bond acceptors (Lipinski definition) is 4. The molecular weight excluding hydrogens is 366 g/mol. The fourth-order valence-electron chi connectivity index (χ4n) is 3.24. The largest absolute Gasteiger partial charge is 0.494 e. The van der Waals surface area contributed by atoms with Gasteiger partial charge in [0.2, 0.25) is 5.76 Å². The van der Waals surface area contributed by atoms with Gasteiger partial charge in [-0.3, -0.25) is 4.79 Å². The number of nitrogens with one attached hydrogen (secondary N) is 1. The molecule has 0 bridgehead atoms. The summed E-state index contributed by atoms with van der Waals surface area (Å²) in [7, 11) is 0. The zero-order valence-electron chi connectivity index (χ0n) is 15.8. The van der Waals surface area contributed by atoms with E-state index < -0.39 is 11.5 Å². The summed E-state index contributed by atoms with van der Waals surface area (Å²) < 4.78 is 10.9. The first-order valence-corrected chi connectivity index (χ1v) is 9.33. The molecular formula is C24H19NO4. The first-order valence-electron chi connectivity index (χ1n) is 9.33. The normalized spacial score (nSPS) is 10.7. The summed E-state index contributed by atoms with van der Waals surface area (Å²) in [5, 5.41) is 3.91. The Morgan fingerprint density at radius 1 is 0.897 bits per heavy atom. The molecule has 0 atom stereocenters. The zero-order valence-corrected chi connectivity index (χ0v) is 15.8. The van der Waals surface area contributed by atoms with E-state index in [-0.39, 0.29) is 5.76 Å². The SMILES string of the molecule is CCOc1ccc(NC(=O)c2oc(=O)c3ccccc3c2-c2ccccc2)cc1. The Bertz CT molecular complexity index is 1210. The third-order valence-corrected chi connectivity index (χ3v) is 4.53. The molecule has 29 heavy (non-hydrogen) atoms. The number of anilines is 1. The van der Waals surface area contributed by atoms with Crippen LogP contribution in [-0.2, 0) is 0 Å². The van der Waals surface area contributed by atoms with Gasteiger partial charge in [0.15, 0.2) is 0 Å². The minimum atomic E-state index is -0.544. The smallest absolute Gasteiger partial charge is 0.344 e. The standard InChI is InChI=1S/C24H19NO4/c1-2-28-18-14-12-17(13-15-18)25-23(26)22-21(16-8-4-3-5-9-16)19-10-6-7-11-20(19)24(27)29-22/h3-15H,2H2,1H3,(H,25,26). The van der Waals surface area contributed by atoms with Gasteiger partial charge in [0, 0.05) is 16.6 Å². The molecule has 0 unspecified atom stereocenters. The Kier molecular flexibility index (Phi) is 5.12. The molecule has 0 aliphatic heterocycles. The van der Waals surface area contributed by atoms with E-state index in [0.29, 0.717) is 34.4 Å². The Balaban J connectivity index is 1.80. The van der Waals surface area contributed by atoms with E-state index in [1.807, 2.05) is 49.4 Å². The lowest BCUT2D eigenvalue weighted by Gasteiger charge is -2.12. The lowest BCUT2D eigenvalue weighted by Crippen LogP contribution is -2.16. The summed E-state index contributed by atoms with van der Waals surface area (Å²) >= 11 is 0. The molecule has 0 spiro atoms. The summed E-state index contributed by atoms with van der Waals surface area (Å²) in [6, 6.07) is 23.6. The predicted octanol–water partition coefficient (Wildman–Crippen LogP) is 5.11. The molecule has 5 nitrogen and oxygen atoms in total. The second-order valence-corrected chi connectivity index (χ2v) is 6.42. The highest BCUT2D eigenvalue weighted by Gasteiger charge is 2.21. The molecule has 3 aromatic carbocycles. The van der Waals surface area contributed by atoms with Crippen LogP contribution in [-0.4, -0.2) is 12.5 Å². The van der Waals surface area contributed by atoms with Gasteiger partial charge in [-0.1, -0.05) is 48.5 Å². The van der Waals surface area contributed by atoms with Crippen molar-refractivity contribution in [1.29, 1.82) is 0 Å². The Morgan fingerprint density at radius 2 is 1.55 bits per heavy atom. The summed E-state index contributed by atoms with van der Waals surface area (Å²) in [5.74, 6) is 0.206. The molecule has 4 rings (SSSR count). The molecule has 4 aromatic rings. The van der Waals surface area contributed by atoms with E-state index in [0.717, 1.165) is 5.56 Å². The van der Waals surface area contributed by atoms with Crippen LogP contribution in [0.4, 0.5) is 5.69 Å². The van der Waals surface area contributed by atoms with Crippen molar-refractivity contribution in [3.05, 3.63) is 95.0 Å². The number of carbonyl (C=O) groups is 1. The van der Waals surface area contributed by atoms with Gasteiger partial charge in [-0.05, 0) is 42.8 Å². The first-order chi connectivity index (χ1) is 14.2. The number of carbonyl (C=O) groups excluding carboxylic acids is 1. The average Bonchev–Trinajstić information content (AvgIpc) is 2.76. The summed E-state index contributed by atoms with van der Waals surface area (Å²) in [4.78, 5) is 25.5. The highest BCUT2D eigenvalue weighted by atomic mass is 16.5. The summed E-state index contributed by atoms with van der Waals surface area (Å²) in [6.07, 6.45) is 0. The van der Waals surface area contributed by atoms with Gasteiger partial charge in [-0.2, -0.15) is 0 Å². The van der Waals surface area contributed by atoms with Crippen LogP contribution in [0.15, 0.2) is 88.1 Å². The number of ether oxygens (including phenoxy) is 1. The molecule has 0 saturated heterocycles. The molecule has 1 N–H and O–H groups in total. The highest BCUT2D eigenvalue weighted by molar-refractivity contribution is 6.11. The van der Waals surface area contributed by atoms with Crippen LogP contribution in [0, 0.1) is 0 Å². The number of amides is 1. The van der Waals surface area contributed by atoms with E-state index in [4.69, 9.17) is 9.15 Å². The molecule has 1 aromatic heterocycles. The molecule has 0 saturated carbocycles. The van der Waals surface area contributed by atoms with E-state index in [1.54, 1.807) is 36.4 Å². The fourth-order valence-corrected chi connectivity index (χ4v) is 3.24.